The highest BCUT2D eigenvalue weighted by Gasteiger charge is 2.20. The minimum absolute atomic E-state index is 0.154. The summed E-state index contributed by atoms with van der Waals surface area (Å²) in [6.07, 6.45) is 9.50. The topological polar surface area (TPSA) is 130 Å². The molecule has 2 atom stereocenters. The predicted molar refractivity (Wildman–Crippen MR) is 107 cm³/mol. The van der Waals surface area contributed by atoms with E-state index in [-0.39, 0.29) is 17.4 Å². The molecule has 0 saturated carbocycles. The average Bonchev–Trinajstić information content (AvgIpc) is 2.59. The van der Waals surface area contributed by atoms with Crippen molar-refractivity contribution in [2.75, 3.05) is 11.5 Å². The minimum Gasteiger partial charge on any atom is -0.480 e. The first kappa shape index (κ1) is 24.8. The van der Waals surface area contributed by atoms with Gasteiger partial charge in [-0.15, -0.1) is 6.58 Å². The highest BCUT2D eigenvalue weighted by Crippen LogP contribution is 2.22. The number of unbranched alkanes of at least 4 members (excludes halogenated alkanes) is 6. The Kier molecular flexibility index (Phi) is 15.3. The van der Waals surface area contributed by atoms with Crippen molar-refractivity contribution in [2.24, 2.45) is 5.73 Å². The minimum atomic E-state index is -1.10. The summed E-state index contributed by atoms with van der Waals surface area (Å²) in [6, 6.07) is -1.97. The third-order valence-electron chi connectivity index (χ3n) is 3.58. The van der Waals surface area contributed by atoms with Gasteiger partial charge in [0.1, 0.15) is 12.1 Å². The first-order chi connectivity index (χ1) is 12.4. The molecule has 0 aliphatic rings. The van der Waals surface area contributed by atoms with Crippen molar-refractivity contribution in [1.29, 1.82) is 0 Å². The molecule has 0 rings (SSSR count). The summed E-state index contributed by atoms with van der Waals surface area (Å²) in [5.74, 6) is -2.14. The van der Waals surface area contributed by atoms with Gasteiger partial charge in [-0.05, 0) is 19.3 Å². The molecule has 0 saturated heterocycles. The highest BCUT2D eigenvalue weighted by atomic mass is 33.1. The number of carbonyl (C=O) groups is 3. The lowest BCUT2D eigenvalue weighted by molar-refractivity contribution is -0.141. The molecule has 0 aliphatic carbocycles. The van der Waals surface area contributed by atoms with Crippen LogP contribution in [0.15, 0.2) is 12.7 Å². The first-order valence-corrected chi connectivity index (χ1v) is 11.2. The molecule has 26 heavy (non-hydrogen) atoms. The summed E-state index contributed by atoms with van der Waals surface area (Å²) in [4.78, 5) is 33.7. The van der Waals surface area contributed by atoms with E-state index in [4.69, 9.17) is 15.9 Å². The molecule has 0 heterocycles. The Hall–Kier alpha value is -1.19. The molecule has 0 aliphatic heterocycles. The number of carbonyl (C=O) groups excluding carboxylic acids is 1. The lowest BCUT2D eigenvalue weighted by atomic mass is 10.1. The van der Waals surface area contributed by atoms with Crippen molar-refractivity contribution in [3.8, 4) is 0 Å². The third kappa shape index (κ3) is 14.0. The van der Waals surface area contributed by atoms with Crippen LogP contribution in [0, 0.1) is 0 Å². The third-order valence-corrected chi connectivity index (χ3v) is 6.03. The second-order valence-corrected chi connectivity index (χ2v) is 8.47. The number of carboxylic acid groups (broad SMARTS) is 2. The van der Waals surface area contributed by atoms with Crippen LogP contribution in [0.5, 0.6) is 0 Å². The van der Waals surface area contributed by atoms with Crippen LogP contribution in [0.4, 0.5) is 0 Å². The summed E-state index contributed by atoms with van der Waals surface area (Å²) < 4.78 is 0. The van der Waals surface area contributed by atoms with Crippen LogP contribution >= 0.6 is 21.6 Å². The number of hydrogen-bond acceptors (Lipinski definition) is 6. The fourth-order valence-corrected chi connectivity index (χ4v) is 4.30. The van der Waals surface area contributed by atoms with Crippen LogP contribution in [0.3, 0.4) is 0 Å². The van der Waals surface area contributed by atoms with Gasteiger partial charge in [0.05, 0.1) is 0 Å². The predicted octanol–water partition coefficient (Wildman–Crippen LogP) is 2.66. The lowest BCUT2D eigenvalue weighted by Gasteiger charge is -2.14. The summed E-state index contributed by atoms with van der Waals surface area (Å²) >= 11 is 0. The number of nitrogens with one attached hydrogen (secondary N) is 1. The summed E-state index contributed by atoms with van der Waals surface area (Å²) in [6.45, 7) is 3.68. The molecular weight excluding hydrogens is 376 g/mol. The molecule has 7 nitrogen and oxygen atoms in total. The van der Waals surface area contributed by atoms with E-state index in [1.165, 1.54) is 28.0 Å². The molecule has 0 radical (unpaired) electrons. The molecule has 0 aromatic rings. The summed E-state index contributed by atoms with van der Waals surface area (Å²) in [5, 5.41) is 20.4. The van der Waals surface area contributed by atoms with Crippen LogP contribution in [0.2, 0.25) is 0 Å². The van der Waals surface area contributed by atoms with Gasteiger partial charge in [-0.2, -0.15) is 0 Å². The smallest absolute Gasteiger partial charge is 0.327 e. The molecule has 5 N–H and O–H groups in total. The monoisotopic (exact) mass is 406 g/mol. The Labute approximate surface area is 162 Å². The fourth-order valence-electron chi connectivity index (χ4n) is 2.03. The second kappa shape index (κ2) is 16.0. The maximum absolute atomic E-state index is 11.9. The zero-order valence-electron chi connectivity index (χ0n) is 15.0. The number of amides is 1. The maximum atomic E-state index is 11.9. The standard InChI is InChI=1S/C17H30N2O5S2/c1-2-3-4-5-6-7-8-9-10-15(20)19-14(17(23)24)12-26-25-11-13(18)16(21)22/h2,13-14H,1,3-12,18H2,(H,19,20)(H,21,22)(H,23,24). The molecule has 2 unspecified atom stereocenters. The Morgan fingerprint density at radius 1 is 0.962 bits per heavy atom. The van der Waals surface area contributed by atoms with E-state index in [9.17, 15) is 14.4 Å². The van der Waals surface area contributed by atoms with Gasteiger partial charge in [0.25, 0.3) is 0 Å². The maximum Gasteiger partial charge on any atom is 0.327 e. The van der Waals surface area contributed by atoms with Crippen molar-refractivity contribution in [1.82, 2.24) is 5.32 Å². The van der Waals surface area contributed by atoms with E-state index in [1.807, 2.05) is 6.08 Å². The molecule has 0 spiro atoms. The van der Waals surface area contributed by atoms with Gasteiger partial charge in [-0.1, -0.05) is 53.3 Å². The number of hydrogen-bond donors (Lipinski definition) is 4. The molecule has 150 valence electrons. The van der Waals surface area contributed by atoms with Gasteiger partial charge >= 0.3 is 11.9 Å². The van der Waals surface area contributed by atoms with E-state index in [0.29, 0.717) is 6.42 Å². The largest absolute Gasteiger partial charge is 0.480 e. The summed E-state index contributed by atoms with van der Waals surface area (Å²) in [5.41, 5.74) is 5.36. The van der Waals surface area contributed by atoms with Crippen molar-refractivity contribution >= 4 is 39.4 Å². The first-order valence-electron chi connectivity index (χ1n) is 8.74. The highest BCUT2D eigenvalue weighted by molar-refractivity contribution is 8.76. The molecule has 0 aromatic heterocycles. The zero-order chi connectivity index (χ0) is 19.8. The van der Waals surface area contributed by atoms with Crippen LogP contribution < -0.4 is 11.1 Å². The number of aliphatic carboxylic acids is 2. The number of allylic oxidation sites excluding steroid dienone is 1. The zero-order valence-corrected chi connectivity index (χ0v) is 16.7. The van der Waals surface area contributed by atoms with Crippen LogP contribution in [-0.2, 0) is 14.4 Å². The van der Waals surface area contributed by atoms with E-state index >= 15 is 0 Å². The number of rotatable bonds is 17. The van der Waals surface area contributed by atoms with E-state index < -0.39 is 24.0 Å². The molecule has 0 bridgehead atoms. The Morgan fingerprint density at radius 2 is 1.54 bits per heavy atom. The Bertz CT molecular complexity index is 449. The lowest BCUT2D eigenvalue weighted by Crippen LogP contribution is -2.42. The van der Waals surface area contributed by atoms with Crippen molar-refractivity contribution in [3.63, 3.8) is 0 Å². The molecule has 9 heteroatoms. The average molecular weight is 407 g/mol. The van der Waals surface area contributed by atoms with Gasteiger partial charge in [-0.3, -0.25) is 9.59 Å². The van der Waals surface area contributed by atoms with E-state index in [0.717, 1.165) is 38.5 Å². The SMILES string of the molecule is C=CCCCCCCCCC(=O)NC(CSSCC(N)C(=O)O)C(=O)O. The molecule has 0 fully saturated rings. The quantitative estimate of drug-likeness (QED) is 0.165. The number of nitrogens with two attached hydrogens (primary N) is 1. The molecular formula is C17H30N2O5S2. The van der Waals surface area contributed by atoms with Gasteiger partial charge < -0.3 is 21.3 Å². The Morgan fingerprint density at radius 3 is 2.12 bits per heavy atom. The fraction of sp³-hybridized carbons (Fsp3) is 0.706. The van der Waals surface area contributed by atoms with Crippen molar-refractivity contribution in [2.45, 2.75) is 63.5 Å². The molecule has 0 aromatic carbocycles. The Balaban J connectivity index is 3.85. The van der Waals surface area contributed by atoms with Gasteiger partial charge in [-0.25, -0.2) is 4.79 Å². The van der Waals surface area contributed by atoms with Gasteiger partial charge in [0, 0.05) is 17.9 Å². The van der Waals surface area contributed by atoms with Crippen molar-refractivity contribution < 1.29 is 24.6 Å². The van der Waals surface area contributed by atoms with Gasteiger partial charge in [0.15, 0.2) is 0 Å². The van der Waals surface area contributed by atoms with Crippen LogP contribution in [-0.4, -0.2) is 51.6 Å². The molecule has 1 amide bonds. The van der Waals surface area contributed by atoms with Crippen LogP contribution in [0.25, 0.3) is 0 Å². The van der Waals surface area contributed by atoms with Crippen molar-refractivity contribution in [3.05, 3.63) is 12.7 Å². The van der Waals surface area contributed by atoms with E-state index in [2.05, 4.69) is 11.9 Å². The number of carboxylic acids is 2. The second-order valence-electron chi connectivity index (χ2n) is 5.92. The van der Waals surface area contributed by atoms with Gasteiger partial charge in [0.2, 0.25) is 5.91 Å². The van der Waals surface area contributed by atoms with E-state index in [1.54, 1.807) is 0 Å². The normalized spacial score (nSPS) is 13.0. The van der Waals surface area contributed by atoms with Crippen LogP contribution in [0.1, 0.15) is 51.4 Å². The summed E-state index contributed by atoms with van der Waals surface area (Å²) in [7, 11) is 2.37.